The summed E-state index contributed by atoms with van der Waals surface area (Å²) in [6.45, 7) is 7.16. The molecule has 0 aliphatic rings. The van der Waals surface area contributed by atoms with Gasteiger partial charge in [-0.25, -0.2) is 4.98 Å². The van der Waals surface area contributed by atoms with Crippen molar-refractivity contribution in [2.24, 2.45) is 0 Å². The molecule has 32 heavy (non-hydrogen) atoms. The molecular formula is C26H28N4O2. The Morgan fingerprint density at radius 3 is 2.44 bits per heavy atom. The maximum Gasteiger partial charge on any atom is 0.168 e. The number of carbonyl (C=O) groups excluding carboxylic acids is 1. The van der Waals surface area contributed by atoms with Gasteiger partial charge in [0.2, 0.25) is 0 Å². The van der Waals surface area contributed by atoms with Crippen LogP contribution in [0.25, 0.3) is 5.65 Å². The van der Waals surface area contributed by atoms with E-state index in [2.05, 4.69) is 36.2 Å². The normalized spacial score (nSPS) is 11.6. The number of ketones is 1. The lowest BCUT2D eigenvalue weighted by Gasteiger charge is -2.19. The van der Waals surface area contributed by atoms with Crippen molar-refractivity contribution >= 4 is 17.2 Å². The number of aromatic nitrogens is 3. The average molecular weight is 429 g/mol. The van der Waals surface area contributed by atoms with Crippen LogP contribution in [0.3, 0.4) is 0 Å². The number of phenols is 1. The number of benzene rings is 2. The lowest BCUT2D eigenvalue weighted by molar-refractivity contribution is 0.0992. The van der Waals surface area contributed by atoms with Gasteiger partial charge in [-0.3, -0.25) is 4.79 Å². The molecule has 0 fully saturated rings. The van der Waals surface area contributed by atoms with E-state index in [-0.39, 0.29) is 23.4 Å². The highest BCUT2D eigenvalue weighted by Gasteiger charge is 2.16. The number of anilines is 1. The van der Waals surface area contributed by atoms with Crippen LogP contribution in [-0.2, 0) is 18.3 Å². The van der Waals surface area contributed by atoms with Gasteiger partial charge in [-0.15, -0.1) is 0 Å². The van der Waals surface area contributed by atoms with Crippen molar-refractivity contribution in [1.82, 2.24) is 14.6 Å². The Kier molecular flexibility index (Phi) is 5.95. The van der Waals surface area contributed by atoms with E-state index in [4.69, 9.17) is 0 Å². The van der Waals surface area contributed by atoms with Crippen LogP contribution in [0.15, 0.2) is 66.9 Å². The molecule has 0 unspecified atom stereocenters. The van der Waals surface area contributed by atoms with Crippen LogP contribution in [0.5, 0.6) is 5.75 Å². The second-order valence-electron chi connectivity index (χ2n) is 9.00. The number of rotatable bonds is 7. The number of phenolic OH excluding ortho intramolecular Hbond substituents is 1. The fourth-order valence-corrected chi connectivity index (χ4v) is 3.60. The maximum absolute atomic E-state index is 12.9. The Hall–Kier alpha value is -3.67. The zero-order valence-electron chi connectivity index (χ0n) is 18.7. The topological polar surface area (TPSA) is 79.5 Å². The molecule has 0 bridgehead atoms. The molecule has 4 aromatic rings. The molecule has 6 nitrogen and oxygen atoms in total. The van der Waals surface area contributed by atoms with E-state index in [9.17, 15) is 9.90 Å². The molecule has 0 radical (unpaired) electrons. The molecule has 0 aliphatic carbocycles. The fraction of sp³-hybridized carbons (Fsp3) is 0.269. The molecule has 4 rings (SSSR count). The number of hydrogen-bond acceptors (Lipinski definition) is 5. The number of nitrogens with one attached hydrogen (secondary N) is 1. The summed E-state index contributed by atoms with van der Waals surface area (Å²) in [7, 11) is 0. The SMILES string of the molecule is CC(C)(C)c1ccc(C(=O)Cc2cc(NCCc3ccc(O)cc3)n3nccc3n2)cc1. The molecule has 0 saturated carbocycles. The maximum atomic E-state index is 12.9. The van der Waals surface area contributed by atoms with Gasteiger partial charge in [-0.2, -0.15) is 9.61 Å². The molecule has 0 spiro atoms. The van der Waals surface area contributed by atoms with Crippen LogP contribution in [0, 0.1) is 0 Å². The van der Waals surface area contributed by atoms with E-state index in [1.165, 1.54) is 5.56 Å². The van der Waals surface area contributed by atoms with Gasteiger partial charge in [-0.05, 0) is 35.1 Å². The van der Waals surface area contributed by atoms with E-state index in [1.807, 2.05) is 48.5 Å². The predicted molar refractivity (Wildman–Crippen MR) is 126 cm³/mol. The summed E-state index contributed by atoms with van der Waals surface area (Å²) in [5, 5.41) is 17.2. The van der Waals surface area contributed by atoms with Crippen molar-refractivity contribution in [3.05, 3.63) is 89.2 Å². The summed E-state index contributed by atoms with van der Waals surface area (Å²) in [6, 6.07) is 18.7. The third kappa shape index (κ3) is 4.97. The monoisotopic (exact) mass is 428 g/mol. The van der Waals surface area contributed by atoms with Crippen LogP contribution in [-0.4, -0.2) is 32.0 Å². The van der Waals surface area contributed by atoms with Crippen LogP contribution in [0.1, 0.15) is 48.0 Å². The third-order valence-electron chi connectivity index (χ3n) is 5.48. The highest BCUT2D eigenvalue weighted by atomic mass is 16.3. The molecular weight excluding hydrogens is 400 g/mol. The molecule has 2 aromatic heterocycles. The first kappa shape index (κ1) is 21.6. The van der Waals surface area contributed by atoms with Crippen molar-refractivity contribution in [2.45, 2.75) is 39.0 Å². The Labute approximate surface area is 187 Å². The first-order valence-electron chi connectivity index (χ1n) is 10.8. The third-order valence-corrected chi connectivity index (χ3v) is 5.48. The average Bonchev–Trinajstić information content (AvgIpc) is 3.23. The number of nitrogens with zero attached hydrogens (tertiary/aromatic N) is 3. The van der Waals surface area contributed by atoms with Crippen LogP contribution in [0.2, 0.25) is 0 Å². The predicted octanol–water partition coefficient (Wildman–Crippen LogP) is 4.81. The Balaban J connectivity index is 1.48. The number of fused-ring (bicyclic) bond motifs is 1. The summed E-state index contributed by atoms with van der Waals surface area (Å²) >= 11 is 0. The molecule has 0 saturated heterocycles. The van der Waals surface area contributed by atoms with Gasteiger partial charge < -0.3 is 10.4 Å². The van der Waals surface area contributed by atoms with Crippen LogP contribution < -0.4 is 5.32 Å². The Bertz CT molecular complexity index is 1220. The second kappa shape index (κ2) is 8.83. The number of aromatic hydroxyl groups is 1. The second-order valence-corrected chi connectivity index (χ2v) is 9.00. The van der Waals surface area contributed by atoms with Crippen molar-refractivity contribution in [3.8, 4) is 5.75 Å². The molecule has 6 heteroatoms. The first-order valence-corrected chi connectivity index (χ1v) is 10.8. The first-order chi connectivity index (χ1) is 15.3. The summed E-state index contributed by atoms with van der Waals surface area (Å²) in [5.41, 5.74) is 4.47. The van der Waals surface area contributed by atoms with E-state index in [1.54, 1.807) is 22.8 Å². The van der Waals surface area contributed by atoms with Crippen molar-refractivity contribution in [2.75, 3.05) is 11.9 Å². The number of carbonyl (C=O) groups is 1. The van der Waals surface area contributed by atoms with E-state index in [0.29, 0.717) is 23.4 Å². The van der Waals surface area contributed by atoms with Crippen molar-refractivity contribution < 1.29 is 9.90 Å². The minimum absolute atomic E-state index is 0.0388. The van der Waals surface area contributed by atoms with Gasteiger partial charge in [0, 0.05) is 24.2 Å². The van der Waals surface area contributed by atoms with Crippen LogP contribution >= 0.6 is 0 Å². The molecule has 2 aromatic carbocycles. The Morgan fingerprint density at radius 1 is 1.03 bits per heavy atom. The smallest absolute Gasteiger partial charge is 0.168 e. The van der Waals surface area contributed by atoms with Gasteiger partial charge in [0.05, 0.1) is 18.3 Å². The van der Waals surface area contributed by atoms with Gasteiger partial charge >= 0.3 is 0 Å². The highest BCUT2D eigenvalue weighted by molar-refractivity contribution is 5.97. The molecule has 2 heterocycles. The quantitative estimate of drug-likeness (QED) is 0.413. The van der Waals surface area contributed by atoms with E-state index in [0.717, 1.165) is 17.8 Å². The lowest BCUT2D eigenvalue weighted by atomic mass is 9.86. The zero-order valence-corrected chi connectivity index (χ0v) is 18.7. The van der Waals surface area contributed by atoms with Gasteiger partial charge in [0.15, 0.2) is 11.4 Å². The summed E-state index contributed by atoms with van der Waals surface area (Å²) in [4.78, 5) is 17.5. The molecule has 2 N–H and O–H groups in total. The van der Waals surface area contributed by atoms with Crippen molar-refractivity contribution in [3.63, 3.8) is 0 Å². The zero-order chi connectivity index (χ0) is 22.7. The highest BCUT2D eigenvalue weighted by Crippen LogP contribution is 2.23. The Morgan fingerprint density at radius 2 is 1.75 bits per heavy atom. The number of hydrogen-bond donors (Lipinski definition) is 2. The molecule has 0 amide bonds. The molecule has 0 atom stereocenters. The van der Waals surface area contributed by atoms with Gasteiger partial charge in [-0.1, -0.05) is 57.2 Å². The van der Waals surface area contributed by atoms with Gasteiger partial charge in [0.1, 0.15) is 11.6 Å². The number of Topliss-reactive ketones (excluding diaryl/α,β-unsaturated/α-hetero) is 1. The molecule has 164 valence electrons. The van der Waals surface area contributed by atoms with E-state index < -0.39 is 0 Å². The summed E-state index contributed by atoms with van der Waals surface area (Å²) in [5.74, 6) is 1.10. The van der Waals surface area contributed by atoms with E-state index >= 15 is 0 Å². The van der Waals surface area contributed by atoms with Crippen LogP contribution in [0.4, 0.5) is 5.82 Å². The summed E-state index contributed by atoms with van der Waals surface area (Å²) < 4.78 is 1.74. The standard InChI is InChI=1S/C26H28N4O2/c1-26(2,3)20-8-6-19(7-9-20)23(32)16-21-17-25(30-24(29-21)13-15-28-30)27-14-12-18-4-10-22(31)11-5-18/h4-11,13,15,17,27,31H,12,14,16H2,1-3H3. The minimum atomic E-state index is 0.0388. The largest absolute Gasteiger partial charge is 0.508 e. The lowest BCUT2D eigenvalue weighted by Crippen LogP contribution is -2.13. The minimum Gasteiger partial charge on any atom is -0.508 e. The molecule has 0 aliphatic heterocycles. The van der Waals surface area contributed by atoms with Gasteiger partial charge in [0.25, 0.3) is 0 Å². The fourth-order valence-electron chi connectivity index (χ4n) is 3.60. The van der Waals surface area contributed by atoms with Crippen molar-refractivity contribution in [1.29, 1.82) is 0 Å². The summed E-state index contributed by atoms with van der Waals surface area (Å²) in [6.07, 6.45) is 2.72.